The van der Waals surface area contributed by atoms with E-state index in [9.17, 15) is 0 Å². The maximum atomic E-state index is 6.20. The van der Waals surface area contributed by atoms with Crippen molar-refractivity contribution in [2.75, 3.05) is 0 Å². The molecule has 2 nitrogen and oxygen atoms in total. The molecular formula is C14H22O2Si. The molecule has 2 atom stereocenters. The lowest BCUT2D eigenvalue weighted by Gasteiger charge is -2.35. The second-order valence-electron chi connectivity index (χ2n) is 6.21. The lowest BCUT2D eigenvalue weighted by Crippen LogP contribution is -2.41. The van der Waals surface area contributed by atoms with Crippen LogP contribution in [0.3, 0.4) is 0 Å². The quantitative estimate of drug-likeness (QED) is 0.595. The van der Waals surface area contributed by atoms with Gasteiger partial charge in [-0.15, -0.1) is 0 Å². The number of hydrogen-bond donors (Lipinski definition) is 0. The van der Waals surface area contributed by atoms with Gasteiger partial charge < -0.3 is 9.16 Å². The third-order valence-electron chi connectivity index (χ3n) is 3.80. The second-order valence-corrected chi connectivity index (χ2v) is 11.0. The Morgan fingerprint density at radius 3 is 2.24 bits per heavy atom. The molecule has 0 aromatic heterocycles. The predicted molar refractivity (Wildman–Crippen MR) is 72.3 cm³/mol. The van der Waals surface area contributed by atoms with Crippen LogP contribution in [0, 0.1) is 0 Å². The molecule has 0 spiro atoms. The highest BCUT2D eigenvalue weighted by atomic mass is 28.4. The molecule has 1 aromatic rings. The molecule has 94 valence electrons. The zero-order valence-electron chi connectivity index (χ0n) is 11.4. The molecule has 3 heteroatoms. The molecule has 0 bridgehead atoms. The summed E-state index contributed by atoms with van der Waals surface area (Å²) in [6.07, 6.45) is 0.114. The van der Waals surface area contributed by atoms with E-state index in [-0.39, 0.29) is 17.4 Å². The summed E-state index contributed by atoms with van der Waals surface area (Å²) in [6.45, 7) is 11.3. The summed E-state index contributed by atoms with van der Waals surface area (Å²) in [5.41, 5.74) is 1.22. The fraction of sp³-hybridized carbons (Fsp3) is 0.571. The van der Waals surface area contributed by atoms with Crippen LogP contribution in [0.15, 0.2) is 30.3 Å². The van der Waals surface area contributed by atoms with Gasteiger partial charge in [-0.25, -0.2) is 0 Å². The van der Waals surface area contributed by atoms with E-state index in [2.05, 4.69) is 46.0 Å². The number of benzene rings is 1. The monoisotopic (exact) mass is 250 g/mol. The molecular weight excluding hydrogens is 228 g/mol. The van der Waals surface area contributed by atoms with Gasteiger partial charge >= 0.3 is 0 Å². The molecule has 0 unspecified atom stereocenters. The van der Waals surface area contributed by atoms with E-state index in [0.29, 0.717) is 0 Å². The fourth-order valence-corrected chi connectivity index (χ4v) is 2.65. The van der Waals surface area contributed by atoms with Gasteiger partial charge in [-0.05, 0) is 23.7 Å². The highest BCUT2D eigenvalue weighted by Gasteiger charge is 2.48. The minimum Gasteiger partial charge on any atom is -0.390 e. The SMILES string of the molecule is CC(C)(C)[Si](C)(C)O[C@H]1O[C@@H]1c1ccccc1. The molecule has 0 radical (unpaired) electrons. The summed E-state index contributed by atoms with van der Waals surface area (Å²) in [5.74, 6) is 0. The van der Waals surface area contributed by atoms with Crippen molar-refractivity contribution in [3.8, 4) is 0 Å². The smallest absolute Gasteiger partial charge is 0.195 e. The maximum absolute atomic E-state index is 6.20. The Labute approximate surface area is 105 Å². The van der Waals surface area contributed by atoms with Gasteiger partial charge in [-0.2, -0.15) is 0 Å². The molecule has 1 aromatic carbocycles. The topological polar surface area (TPSA) is 21.8 Å². The van der Waals surface area contributed by atoms with Crippen LogP contribution in [-0.2, 0) is 9.16 Å². The van der Waals surface area contributed by atoms with Gasteiger partial charge in [0.15, 0.2) is 14.6 Å². The van der Waals surface area contributed by atoms with Crippen LogP contribution in [0.2, 0.25) is 18.1 Å². The molecule has 0 aliphatic carbocycles. The van der Waals surface area contributed by atoms with Crippen LogP contribution in [0.5, 0.6) is 0 Å². The molecule has 1 aliphatic rings. The Hall–Kier alpha value is -0.643. The van der Waals surface area contributed by atoms with E-state index < -0.39 is 8.32 Å². The van der Waals surface area contributed by atoms with Crippen molar-refractivity contribution in [1.82, 2.24) is 0 Å². The second kappa shape index (κ2) is 4.23. The highest BCUT2D eigenvalue weighted by molar-refractivity contribution is 6.74. The van der Waals surface area contributed by atoms with Gasteiger partial charge in [0.1, 0.15) is 6.10 Å². The van der Waals surface area contributed by atoms with Crippen molar-refractivity contribution in [1.29, 1.82) is 0 Å². The third kappa shape index (κ3) is 2.79. The van der Waals surface area contributed by atoms with Crippen molar-refractivity contribution in [2.24, 2.45) is 0 Å². The zero-order valence-corrected chi connectivity index (χ0v) is 12.4. The van der Waals surface area contributed by atoms with E-state index in [1.54, 1.807) is 0 Å². The lowest BCUT2D eigenvalue weighted by molar-refractivity contribution is 0.161. The van der Waals surface area contributed by atoms with Gasteiger partial charge in [-0.1, -0.05) is 51.1 Å². The minimum absolute atomic E-state index is 0.0294. The van der Waals surface area contributed by atoms with Gasteiger partial charge in [-0.3, -0.25) is 0 Å². The van der Waals surface area contributed by atoms with Gasteiger partial charge in [0.05, 0.1) is 0 Å². The number of epoxide rings is 1. The summed E-state index contributed by atoms with van der Waals surface area (Å²) < 4.78 is 11.8. The van der Waals surface area contributed by atoms with Crippen molar-refractivity contribution >= 4 is 8.32 Å². The van der Waals surface area contributed by atoms with E-state index in [1.165, 1.54) is 5.56 Å². The van der Waals surface area contributed by atoms with Crippen molar-refractivity contribution in [3.63, 3.8) is 0 Å². The Balaban J connectivity index is 1.97. The predicted octanol–water partition coefficient (Wildman–Crippen LogP) is 4.11. The number of hydrogen-bond acceptors (Lipinski definition) is 2. The Bertz CT molecular complexity index is 381. The number of ether oxygens (including phenoxy) is 1. The van der Waals surface area contributed by atoms with Crippen molar-refractivity contribution < 1.29 is 9.16 Å². The molecule has 0 saturated carbocycles. The summed E-state index contributed by atoms with van der Waals surface area (Å²) in [4.78, 5) is 0. The fourth-order valence-electron chi connectivity index (χ4n) is 1.53. The lowest BCUT2D eigenvalue weighted by atomic mass is 10.2. The Morgan fingerprint density at radius 1 is 1.12 bits per heavy atom. The van der Waals surface area contributed by atoms with E-state index in [0.717, 1.165) is 0 Å². The molecule has 1 fully saturated rings. The Morgan fingerprint density at radius 2 is 1.71 bits per heavy atom. The van der Waals surface area contributed by atoms with Gasteiger partial charge in [0.2, 0.25) is 0 Å². The standard InChI is InChI=1S/C14H22O2Si/c1-14(2,3)17(4,5)16-13-12(15-13)11-9-7-6-8-10-11/h6-10,12-13H,1-5H3/t12-,13-/m1/s1. The molecule has 17 heavy (non-hydrogen) atoms. The summed E-state index contributed by atoms with van der Waals surface area (Å²) in [6, 6.07) is 10.3. The molecule has 0 N–H and O–H groups in total. The van der Waals surface area contributed by atoms with Crippen LogP contribution < -0.4 is 0 Å². The van der Waals surface area contributed by atoms with E-state index >= 15 is 0 Å². The summed E-state index contributed by atoms with van der Waals surface area (Å²) in [5, 5.41) is 0.236. The van der Waals surface area contributed by atoms with Crippen LogP contribution in [0.1, 0.15) is 32.4 Å². The highest BCUT2D eigenvalue weighted by Crippen LogP contribution is 2.45. The normalized spacial score (nSPS) is 24.8. The van der Waals surface area contributed by atoms with Crippen LogP contribution in [0.25, 0.3) is 0 Å². The minimum atomic E-state index is -1.71. The molecule has 1 aliphatic heterocycles. The van der Waals surface area contributed by atoms with E-state index in [4.69, 9.17) is 9.16 Å². The molecule has 2 rings (SSSR count). The third-order valence-corrected chi connectivity index (χ3v) is 8.23. The van der Waals surface area contributed by atoms with Crippen molar-refractivity contribution in [2.45, 2.75) is 51.3 Å². The number of rotatable bonds is 3. The van der Waals surface area contributed by atoms with Gasteiger partial charge in [0.25, 0.3) is 0 Å². The molecule has 0 amide bonds. The van der Waals surface area contributed by atoms with E-state index in [1.807, 2.05) is 18.2 Å². The zero-order chi connectivity index (χ0) is 12.7. The first-order valence-corrected chi connectivity index (χ1v) is 9.10. The van der Waals surface area contributed by atoms with Gasteiger partial charge in [0, 0.05) is 0 Å². The Kier molecular flexibility index (Phi) is 3.19. The first-order valence-electron chi connectivity index (χ1n) is 6.19. The van der Waals surface area contributed by atoms with Crippen LogP contribution in [0.4, 0.5) is 0 Å². The maximum Gasteiger partial charge on any atom is 0.195 e. The summed E-state index contributed by atoms with van der Waals surface area (Å²) in [7, 11) is -1.71. The molecule has 1 heterocycles. The van der Waals surface area contributed by atoms with Crippen LogP contribution in [-0.4, -0.2) is 14.6 Å². The average Bonchev–Trinajstić information content (AvgIpc) is 2.96. The largest absolute Gasteiger partial charge is 0.390 e. The summed E-state index contributed by atoms with van der Waals surface area (Å²) >= 11 is 0. The average molecular weight is 250 g/mol. The van der Waals surface area contributed by atoms with Crippen LogP contribution >= 0.6 is 0 Å². The van der Waals surface area contributed by atoms with Crippen molar-refractivity contribution in [3.05, 3.63) is 35.9 Å². The first-order chi connectivity index (χ1) is 7.81. The first kappa shape index (κ1) is 12.8. The molecule has 1 saturated heterocycles.